The van der Waals surface area contributed by atoms with Crippen molar-refractivity contribution in [3.05, 3.63) is 151 Å². The highest BCUT2D eigenvalue weighted by atomic mass is 16.3. The van der Waals surface area contributed by atoms with Crippen LogP contribution < -0.4 is 9.80 Å². The number of phenolic OH excluding ortho intramolecular Hbond substituents is 1. The van der Waals surface area contributed by atoms with E-state index in [-0.39, 0.29) is 11.2 Å². The number of anilines is 6. The number of aromatic hydroxyl groups is 1. The van der Waals surface area contributed by atoms with Gasteiger partial charge in [0.15, 0.2) is 0 Å². The second-order valence-corrected chi connectivity index (χ2v) is 12.9. The van der Waals surface area contributed by atoms with Gasteiger partial charge in [0.05, 0.1) is 28.4 Å². The van der Waals surface area contributed by atoms with Crippen LogP contribution in [-0.2, 0) is 5.41 Å². The van der Waals surface area contributed by atoms with Crippen LogP contribution in [0.1, 0.15) is 26.3 Å². The first-order chi connectivity index (χ1) is 22.9. The first kappa shape index (κ1) is 28.5. The average Bonchev–Trinajstić information content (AvgIpc) is 3.11. The molecule has 0 saturated heterocycles. The fourth-order valence-corrected chi connectivity index (χ4v) is 6.51. The van der Waals surface area contributed by atoms with E-state index in [1.54, 1.807) is 6.07 Å². The Kier molecular flexibility index (Phi) is 6.76. The summed E-state index contributed by atoms with van der Waals surface area (Å²) in [6, 6.07) is 47.8. The molecule has 0 amide bonds. The Morgan fingerprint density at radius 3 is 2.00 bits per heavy atom. The normalized spacial score (nSPS) is 12.6. The number of pyridine rings is 2. The summed E-state index contributed by atoms with van der Waals surface area (Å²) < 4.78 is 0. The van der Waals surface area contributed by atoms with Gasteiger partial charge in [0.1, 0.15) is 17.1 Å². The smallest absolute Gasteiger partial charge is 0.141 e. The molecule has 0 saturated carbocycles. The Morgan fingerprint density at radius 2 is 1.28 bits per heavy atom. The van der Waals surface area contributed by atoms with Crippen molar-refractivity contribution in [2.75, 3.05) is 9.80 Å². The highest BCUT2D eigenvalue weighted by Gasteiger charge is 2.31. The van der Waals surface area contributed by atoms with E-state index >= 15 is 0 Å². The molecule has 0 fully saturated rings. The lowest BCUT2D eigenvalue weighted by atomic mass is 9.87. The van der Waals surface area contributed by atoms with Gasteiger partial charge in [0.25, 0.3) is 0 Å². The molecule has 1 aliphatic heterocycles. The first-order valence-corrected chi connectivity index (χ1v) is 15.9. The van der Waals surface area contributed by atoms with Crippen LogP contribution in [0.5, 0.6) is 5.75 Å². The van der Waals surface area contributed by atoms with Crippen molar-refractivity contribution in [3.63, 3.8) is 0 Å². The van der Waals surface area contributed by atoms with Crippen molar-refractivity contribution in [1.82, 2.24) is 9.97 Å². The van der Waals surface area contributed by atoms with Gasteiger partial charge in [-0.25, -0.2) is 9.97 Å². The number of rotatable bonds is 4. The topological polar surface area (TPSA) is 52.5 Å². The van der Waals surface area contributed by atoms with Gasteiger partial charge in [-0.15, -0.1) is 0 Å². The molecule has 1 N–H and O–H groups in total. The first-order valence-electron chi connectivity index (χ1n) is 15.9. The van der Waals surface area contributed by atoms with E-state index in [0.29, 0.717) is 5.52 Å². The summed E-state index contributed by atoms with van der Waals surface area (Å²) in [5, 5.41) is 11.9. The van der Waals surface area contributed by atoms with E-state index in [2.05, 4.69) is 116 Å². The molecule has 1 aliphatic rings. The Balaban J connectivity index is 1.31. The van der Waals surface area contributed by atoms with Crippen LogP contribution in [-0.4, -0.2) is 15.1 Å². The van der Waals surface area contributed by atoms with E-state index in [1.807, 2.05) is 54.7 Å². The summed E-state index contributed by atoms with van der Waals surface area (Å²) in [6.45, 7) is 6.72. The SMILES string of the molecule is CC(C)(C)c1ccc(N2c3ccccc3N(c3ccccn3)c3cc(-c4ccc5c(-c6ccccc6)ccc(O)c5n4)ccc32)cc1. The minimum absolute atomic E-state index is 0.0596. The van der Waals surface area contributed by atoms with Crippen LogP contribution in [0, 0.1) is 0 Å². The molecule has 228 valence electrons. The maximum atomic E-state index is 11.0. The number of phenols is 1. The van der Waals surface area contributed by atoms with E-state index in [4.69, 9.17) is 9.97 Å². The molecule has 0 spiro atoms. The number of hydrogen-bond acceptors (Lipinski definition) is 5. The number of aromatic nitrogens is 2. The molecule has 0 aliphatic carbocycles. The van der Waals surface area contributed by atoms with Crippen molar-refractivity contribution >= 4 is 45.2 Å². The monoisotopic (exact) mass is 610 g/mol. The van der Waals surface area contributed by atoms with Gasteiger partial charge in [0, 0.05) is 22.8 Å². The summed E-state index contributed by atoms with van der Waals surface area (Å²) in [7, 11) is 0. The molecule has 0 unspecified atom stereocenters. The Labute approximate surface area is 275 Å². The zero-order chi connectivity index (χ0) is 32.1. The molecule has 0 radical (unpaired) electrons. The second kappa shape index (κ2) is 11.1. The maximum Gasteiger partial charge on any atom is 0.141 e. The third-order valence-corrected chi connectivity index (χ3v) is 8.91. The minimum atomic E-state index is 0.0596. The van der Waals surface area contributed by atoms with Crippen LogP contribution in [0.2, 0.25) is 0 Å². The van der Waals surface area contributed by atoms with E-state index in [1.165, 1.54) is 5.56 Å². The van der Waals surface area contributed by atoms with Crippen molar-refractivity contribution in [1.29, 1.82) is 0 Å². The zero-order valence-corrected chi connectivity index (χ0v) is 26.6. The van der Waals surface area contributed by atoms with Gasteiger partial charge in [-0.2, -0.15) is 0 Å². The van der Waals surface area contributed by atoms with Gasteiger partial charge in [0.2, 0.25) is 0 Å². The summed E-state index contributed by atoms with van der Waals surface area (Å²) >= 11 is 0. The summed E-state index contributed by atoms with van der Waals surface area (Å²) in [6.07, 6.45) is 1.83. The van der Waals surface area contributed by atoms with Gasteiger partial charge >= 0.3 is 0 Å². The van der Waals surface area contributed by atoms with E-state index in [0.717, 1.165) is 62.0 Å². The molecule has 3 heterocycles. The molecule has 5 heteroatoms. The van der Waals surface area contributed by atoms with Gasteiger partial charge in [-0.05, 0) is 94.9 Å². The lowest BCUT2D eigenvalue weighted by Gasteiger charge is -2.40. The summed E-state index contributed by atoms with van der Waals surface area (Å²) in [5.41, 5.74) is 11.0. The Morgan fingerprint density at radius 1 is 0.574 bits per heavy atom. The molecule has 5 nitrogen and oxygen atoms in total. The largest absolute Gasteiger partial charge is 0.506 e. The van der Waals surface area contributed by atoms with Crippen LogP contribution in [0.15, 0.2) is 146 Å². The Bertz CT molecular complexity index is 2240. The van der Waals surface area contributed by atoms with Crippen LogP contribution in [0.25, 0.3) is 33.3 Å². The lowest BCUT2D eigenvalue weighted by Crippen LogP contribution is -2.24. The molecule has 7 aromatic rings. The zero-order valence-electron chi connectivity index (χ0n) is 26.6. The predicted octanol–water partition coefficient (Wildman–Crippen LogP) is 11.2. The van der Waals surface area contributed by atoms with Crippen molar-refractivity contribution in [2.45, 2.75) is 26.2 Å². The molecule has 47 heavy (non-hydrogen) atoms. The van der Waals surface area contributed by atoms with E-state index in [9.17, 15) is 5.11 Å². The van der Waals surface area contributed by atoms with E-state index < -0.39 is 0 Å². The lowest BCUT2D eigenvalue weighted by molar-refractivity contribution is 0.480. The van der Waals surface area contributed by atoms with Gasteiger partial charge in [-0.1, -0.05) is 87.5 Å². The standard InChI is InChI=1S/C42H34N4O/c1-42(2,3)30-17-19-31(20-18-30)45-35-13-7-8-14-36(35)46(40-15-9-10-26-43-40)38-27-29(16-24-37(38)45)34-23-21-33-32(28-11-5-4-6-12-28)22-25-39(47)41(33)44-34/h4-27,47H,1-3H3. The van der Waals surface area contributed by atoms with Gasteiger partial charge in [-0.3, -0.25) is 4.90 Å². The molecule has 8 rings (SSSR count). The highest BCUT2D eigenvalue weighted by Crippen LogP contribution is 2.54. The molecular formula is C42H34N4O. The number of nitrogens with zero attached hydrogens (tertiary/aromatic N) is 4. The Hall–Kier alpha value is -5.94. The maximum absolute atomic E-state index is 11.0. The second-order valence-electron chi connectivity index (χ2n) is 12.9. The fraction of sp³-hybridized carbons (Fsp3) is 0.0952. The number of benzene rings is 5. The average molecular weight is 611 g/mol. The molecule has 5 aromatic carbocycles. The minimum Gasteiger partial charge on any atom is -0.506 e. The third-order valence-electron chi connectivity index (χ3n) is 8.91. The van der Waals surface area contributed by atoms with Crippen molar-refractivity contribution in [2.24, 2.45) is 0 Å². The fourth-order valence-electron chi connectivity index (χ4n) is 6.51. The van der Waals surface area contributed by atoms with Crippen molar-refractivity contribution < 1.29 is 5.11 Å². The molecule has 0 atom stereocenters. The third kappa shape index (κ3) is 4.97. The number of hydrogen-bond donors (Lipinski definition) is 1. The molecular weight excluding hydrogens is 576 g/mol. The molecule has 0 bridgehead atoms. The highest BCUT2D eigenvalue weighted by molar-refractivity contribution is 6.03. The number of para-hydroxylation sites is 2. The van der Waals surface area contributed by atoms with Crippen molar-refractivity contribution in [3.8, 4) is 28.1 Å². The van der Waals surface area contributed by atoms with Crippen LogP contribution in [0.3, 0.4) is 0 Å². The predicted molar refractivity (Wildman–Crippen MR) is 194 cm³/mol. The van der Waals surface area contributed by atoms with Gasteiger partial charge < -0.3 is 10.0 Å². The molecule has 2 aromatic heterocycles. The number of fused-ring (bicyclic) bond motifs is 3. The summed E-state index contributed by atoms with van der Waals surface area (Å²) in [5.74, 6) is 0.992. The van der Waals surface area contributed by atoms with Crippen LogP contribution >= 0.6 is 0 Å². The van der Waals surface area contributed by atoms with Crippen LogP contribution in [0.4, 0.5) is 34.3 Å². The summed E-state index contributed by atoms with van der Waals surface area (Å²) in [4.78, 5) is 14.4. The quantitative estimate of drug-likeness (QED) is 0.215.